The lowest BCUT2D eigenvalue weighted by Crippen LogP contribution is -2.37. The molecule has 4 nitrogen and oxygen atoms in total. The summed E-state index contributed by atoms with van der Waals surface area (Å²) < 4.78 is 0. The van der Waals surface area contributed by atoms with Gasteiger partial charge in [-0.3, -0.25) is 0 Å². The van der Waals surface area contributed by atoms with Gasteiger partial charge in [0.25, 0.3) is 0 Å². The van der Waals surface area contributed by atoms with E-state index in [0.29, 0.717) is 6.42 Å². The molecular formula is C4H11NO3. The van der Waals surface area contributed by atoms with Crippen molar-refractivity contribution in [3.63, 3.8) is 0 Å². The minimum Gasteiger partial charge on any atom is -0.389 e. The highest BCUT2D eigenvalue weighted by Gasteiger charge is 2.10. The van der Waals surface area contributed by atoms with Crippen molar-refractivity contribution in [3.8, 4) is 0 Å². The van der Waals surface area contributed by atoms with Gasteiger partial charge in [-0.25, -0.2) is 0 Å². The molecule has 50 valence electrons. The lowest BCUT2D eigenvalue weighted by Gasteiger charge is -2.12. The van der Waals surface area contributed by atoms with E-state index in [1.54, 1.807) is 6.92 Å². The third-order valence-corrected chi connectivity index (χ3v) is 0.915. The van der Waals surface area contributed by atoms with Crippen LogP contribution in [0.4, 0.5) is 0 Å². The van der Waals surface area contributed by atoms with Crippen LogP contribution in [0, 0.1) is 0 Å². The minimum absolute atomic E-state index is 0.411. The predicted molar refractivity (Wildman–Crippen MR) is 27.2 cm³/mol. The van der Waals surface area contributed by atoms with Crippen molar-refractivity contribution in [1.29, 1.82) is 0 Å². The molecule has 2 unspecified atom stereocenters. The van der Waals surface area contributed by atoms with Gasteiger partial charge in [-0.1, -0.05) is 6.92 Å². The van der Waals surface area contributed by atoms with Crippen molar-refractivity contribution < 1.29 is 15.4 Å². The second kappa shape index (κ2) is 3.80. The molecule has 0 aromatic heterocycles. The van der Waals surface area contributed by atoms with E-state index in [1.165, 1.54) is 5.48 Å². The molecule has 0 heterocycles. The van der Waals surface area contributed by atoms with Gasteiger partial charge in [-0.2, -0.15) is 5.48 Å². The first-order chi connectivity index (χ1) is 3.72. The van der Waals surface area contributed by atoms with Crippen LogP contribution in [0.25, 0.3) is 0 Å². The Morgan fingerprint density at radius 2 is 2.00 bits per heavy atom. The third-order valence-electron chi connectivity index (χ3n) is 0.915. The molecule has 2 atom stereocenters. The smallest absolute Gasteiger partial charge is 0.152 e. The molecular weight excluding hydrogens is 110 g/mol. The van der Waals surface area contributed by atoms with E-state index in [1.807, 2.05) is 0 Å². The number of hydrogen-bond acceptors (Lipinski definition) is 4. The van der Waals surface area contributed by atoms with E-state index in [0.717, 1.165) is 0 Å². The van der Waals surface area contributed by atoms with Crippen LogP contribution in [-0.4, -0.2) is 27.8 Å². The molecule has 0 aliphatic heterocycles. The number of rotatable bonds is 3. The Morgan fingerprint density at radius 3 is 2.12 bits per heavy atom. The van der Waals surface area contributed by atoms with Gasteiger partial charge < -0.3 is 15.4 Å². The first-order valence-corrected chi connectivity index (χ1v) is 2.48. The highest BCUT2D eigenvalue weighted by molar-refractivity contribution is 4.56. The summed E-state index contributed by atoms with van der Waals surface area (Å²) in [4.78, 5) is 0. The van der Waals surface area contributed by atoms with Gasteiger partial charge >= 0.3 is 0 Å². The molecule has 0 rings (SSSR count). The fraction of sp³-hybridized carbons (Fsp3) is 1.00. The van der Waals surface area contributed by atoms with E-state index in [2.05, 4.69) is 0 Å². The van der Waals surface area contributed by atoms with E-state index in [9.17, 15) is 0 Å². The van der Waals surface area contributed by atoms with Crippen LogP contribution < -0.4 is 5.48 Å². The Kier molecular flexibility index (Phi) is 3.72. The fourth-order valence-electron chi connectivity index (χ4n) is 0.309. The van der Waals surface area contributed by atoms with Crippen molar-refractivity contribution in [2.75, 3.05) is 0 Å². The number of nitrogens with one attached hydrogen (secondary N) is 1. The second-order valence-electron chi connectivity index (χ2n) is 1.55. The summed E-state index contributed by atoms with van der Waals surface area (Å²) in [6, 6.07) is 0. The van der Waals surface area contributed by atoms with Gasteiger partial charge in [-0.05, 0) is 6.42 Å². The van der Waals surface area contributed by atoms with Crippen LogP contribution in [0.1, 0.15) is 13.3 Å². The van der Waals surface area contributed by atoms with E-state index < -0.39 is 12.3 Å². The fourth-order valence-corrected chi connectivity index (χ4v) is 0.309. The number of hydrogen-bond donors (Lipinski definition) is 4. The lowest BCUT2D eigenvalue weighted by molar-refractivity contribution is -0.0736. The topological polar surface area (TPSA) is 72.7 Å². The van der Waals surface area contributed by atoms with Crippen LogP contribution in [0.3, 0.4) is 0 Å². The zero-order valence-corrected chi connectivity index (χ0v) is 4.70. The zero-order valence-electron chi connectivity index (χ0n) is 4.70. The lowest BCUT2D eigenvalue weighted by atomic mass is 10.2. The largest absolute Gasteiger partial charge is 0.389 e. The molecule has 4 N–H and O–H groups in total. The van der Waals surface area contributed by atoms with Crippen LogP contribution in [0.15, 0.2) is 0 Å². The Hall–Kier alpha value is -0.160. The Labute approximate surface area is 47.7 Å². The molecule has 0 aliphatic rings. The molecule has 0 amide bonds. The monoisotopic (exact) mass is 121 g/mol. The number of aliphatic hydroxyl groups excluding tert-OH is 2. The summed E-state index contributed by atoms with van der Waals surface area (Å²) in [6.45, 7) is 1.70. The molecule has 0 saturated heterocycles. The zero-order chi connectivity index (χ0) is 6.57. The number of aliphatic hydroxyl groups is 2. The molecule has 0 radical (unpaired) electrons. The highest BCUT2D eigenvalue weighted by atomic mass is 16.5. The van der Waals surface area contributed by atoms with Crippen LogP contribution in [0.5, 0.6) is 0 Å². The van der Waals surface area contributed by atoms with Crippen molar-refractivity contribution in [2.24, 2.45) is 0 Å². The van der Waals surface area contributed by atoms with Gasteiger partial charge in [0.1, 0.15) is 0 Å². The minimum atomic E-state index is -1.22. The molecule has 0 fully saturated rings. The summed E-state index contributed by atoms with van der Waals surface area (Å²) in [5.74, 6) is 0. The van der Waals surface area contributed by atoms with Gasteiger partial charge in [0.05, 0.1) is 6.10 Å². The third kappa shape index (κ3) is 2.23. The maximum absolute atomic E-state index is 8.65. The molecule has 8 heavy (non-hydrogen) atoms. The van der Waals surface area contributed by atoms with Crippen LogP contribution in [0.2, 0.25) is 0 Å². The van der Waals surface area contributed by atoms with Crippen molar-refractivity contribution in [3.05, 3.63) is 0 Å². The molecule has 0 bridgehead atoms. The average molecular weight is 121 g/mol. The molecule has 0 spiro atoms. The summed E-state index contributed by atoms with van der Waals surface area (Å²) >= 11 is 0. The maximum Gasteiger partial charge on any atom is 0.152 e. The average Bonchev–Trinajstić information content (AvgIpc) is 1.84. The Morgan fingerprint density at radius 1 is 1.50 bits per heavy atom. The summed E-state index contributed by atoms with van der Waals surface area (Å²) in [7, 11) is 0. The van der Waals surface area contributed by atoms with E-state index in [4.69, 9.17) is 15.4 Å². The summed E-state index contributed by atoms with van der Waals surface area (Å²) in [5.41, 5.74) is 1.52. The van der Waals surface area contributed by atoms with Gasteiger partial charge in [0.15, 0.2) is 6.23 Å². The normalized spacial score (nSPS) is 18.0. The first-order valence-electron chi connectivity index (χ1n) is 2.48. The highest BCUT2D eigenvalue weighted by Crippen LogP contribution is 1.92. The van der Waals surface area contributed by atoms with E-state index >= 15 is 0 Å². The maximum atomic E-state index is 8.65. The van der Waals surface area contributed by atoms with Gasteiger partial charge in [0, 0.05) is 0 Å². The van der Waals surface area contributed by atoms with Crippen molar-refractivity contribution >= 4 is 0 Å². The molecule has 0 aliphatic carbocycles. The van der Waals surface area contributed by atoms with Gasteiger partial charge in [-0.15, -0.1) is 0 Å². The molecule has 0 saturated carbocycles. The van der Waals surface area contributed by atoms with Crippen LogP contribution >= 0.6 is 0 Å². The molecule has 4 heteroatoms. The molecule has 0 aromatic carbocycles. The Balaban J connectivity index is 3.29. The quantitative estimate of drug-likeness (QED) is 0.287. The van der Waals surface area contributed by atoms with Gasteiger partial charge in [0.2, 0.25) is 0 Å². The van der Waals surface area contributed by atoms with Crippen molar-refractivity contribution in [1.82, 2.24) is 5.48 Å². The predicted octanol–water partition coefficient (Wildman–Crippen LogP) is -0.946. The summed E-state index contributed by atoms with van der Waals surface area (Å²) in [6.07, 6.45) is -1.70. The van der Waals surface area contributed by atoms with Crippen LogP contribution in [-0.2, 0) is 0 Å². The Bertz CT molecular complexity index is 51.2. The van der Waals surface area contributed by atoms with Crippen molar-refractivity contribution in [2.45, 2.75) is 25.7 Å². The first kappa shape index (κ1) is 7.84. The standard InChI is InChI=1S/C4H11NO3/c1-2-3(6)4(7)5-8/h3-8H,2H2,1H3. The SMILES string of the molecule is CCC(O)C(O)NO. The second-order valence-corrected chi connectivity index (χ2v) is 1.55. The number of hydroxylamine groups is 1. The van der Waals surface area contributed by atoms with E-state index in [-0.39, 0.29) is 0 Å². The molecule has 0 aromatic rings. The summed E-state index contributed by atoms with van der Waals surface area (Å²) in [5, 5.41) is 25.1.